The first-order chi connectivity index (χ1) is 23.4. The van der Waals surface area contributed by atoms with Crippen molar-refractivity contribution in [3.63, 3.8) is 0 Å². The lowest BCUT2D eigenvalue weighted by molar-refractivity contribution is -0.277. The van der Waals surface area contributed by atoms with Gasteiger partial charge in [-0.25, -0.2) is 8.42 Å². The lowest BCUT2D eigenvalue weighted by Gasteiger charge is -2.52. The molecule has 1 aromatic rings. The summed E-state index contributed by atoms with van der Waals surface area (Å²) in [4.78, 5) is 0.295. The van der Waals surface area contributed by atoms with Crippen molar-refractivity contribution in [3.05, 3.63) is 29.8 Å². The molecule has 0 spiro atoms. The van der Waals surface area contributed by atoms with Gasteiger partial charge < -0.3 is 32.5 Å². The van der Waals surface area contributed by atoms with Crippen LogP contribution in [0.3, 0.4) is 0 Å². The van der Waals surface area contributed by atoms with E-state index < -0.39 is 43.6 Å². The van der Waals surface area contributed by atoms with Gasteiger partial charge in [0.05, 0.1) is 65.4 Å². The molecular formula is C39H66O9SSi2. The molecule has 9 nitrogen and oxygen atoms in total. The first kappa shape index (κ1) is 40.0. The average Bonchev–Trinajstić information content (AvgIpc) is 3.79. The van der Waals surface area contributed by atoms with Crippen LogP contribution in [0, 0.1) is 6.92 Å². The molecule has 0 radical (unpaired) electrons. The summed E-state index contributed by atoms with van der Waals surface area (Å²) < 4.78 is 74.6. The van der Waals surface area contributed by atoms with Crippen molar-refractivity contribution in [2.24, 2.45) is 0 Å². The molecule has 0 saturated carbocycles. The second-order valence-corrected chi connectivity index (χ2v) is 31.0. The number of fused-ring (bicyclic) bond motifs is 3. The van der Waals surface area contributed by atoms with Gasteiger partial charge >= 0.3 is 0 Å². The first-order valence-electron chi connectivity index (χ1n) is 19.4. The van der Waals surface area contributed by atoms with E-state index in [9.17, 15) is 8.42 Å². The smallest absolute Gasteiger partial charge is 0.207 e. The zero-order valence-electron chi connectivity index (χ0n) is 33.5. The molecule has 0 aliphatic carbocycles. The van der Waals surface area contributed by atoms with Crippen molar-refractivity contribution in [1.82, 2.24) is 0 Å². The minimum Gasteiger partial charge on any atom is -0.411 e. The number of rotatable bonds is 8. The normalized spacial score (nSPS) is 39.4. The van der Waals surface area contributed by atoms with Crippen molar-refractivity contribution in [1.29, 1.82) is 0 Å². The molecule has 5 heterocycles. The Bertz CT molecular complexity index is 1500. The Labute approximate surface area is 310 Å². The summed E-state index contributed by atoms with van der Waals surface area (Å²) in [6.07, 6.45) is 2.88. The summed E-state index contributed by atoms with van der Waals surface area (Å²) in [5.41, 5.74) is -0.448. The van der Waals surface area contributed by atoms with Gasteiger partial charge in [0.15, 0.2) is 22.1 Å². The monoisotopic (exact) mass is 766 g/mol. The van der Waals surface area contributed by atoms with Crippen LogP contribution in [0.4, 0.5) is 0 Å². The number of hydrogen-bond donors (Lipinski definition) is 0. The van der Waals surface area contributed by atoms with E-state index in [1.807, 2.05) is 19.1 Å². The molecule has 1 aromatic carbocycles. The Balaban J connectivity index is 1.18. The zero-order valence-corrected chi connectivity index (χ0v) is 36.3. The van der Waals surface area contributed by atoms with Crippen LogP contribution >= 0.6 is 0 Å². The van der Waals surface area contributed by atoms with Gasteiger partial charge in [0.2, 0.25) is 9.84 Å². The van der Waals surface area contributed by atoms with Crippen LogP contribution in [-0.4, -0.2) is 97.1 Å². The lowest BCUT2D eigenvalue weighted by atomic mass is 9.83. The van der Waals surface area contributed by atoms with Crippen LogP contribution in [-0.2, 0) is 42.4 Å². The van der Waals surface area contributed by atoms with E-state index in [1.54, 1.807) is 12.1 Å². The number of sulfone groups is 1. The highest BCUT2D eigenvalue weighted by molar-refractivity contribution is 7.92. The molecule has 0 amide bonds. The molecule has 290 valence electrons. The fourth-order valence-corrected chi connectivity index (χ4v) is 12.3. The molecule has 6 rings (SSSR count). The number of epoxide rings is 1. The van der Waals surface area contributed by atoms with E-state index in [0.717, 1.165) is 31.2 Å². The summed E-state index contributed by atoms with van der Waals surface area (Å²) in [5.74, 6) is 0. The Morgan fingerprint density at radius 1 is 0.765 bits per heavy atom. The SMILES string of the molecule is Cc1ccc(S(=O)(=O)C2OC2C[C@@H]2O[C@@H]3CC[C@@H]4O[C@@H]5C[C@H](O[Si](C)(C)C(C)(C)C)[C@@H](C)O[C@H]5C[C@H]4O[C@@]3(C)C[C@H]2O[Si](C)(C)C(C)(C)C)cc1. The van der Waals surface area contributed by atoms with E-state index in [4.69, 9.17) is 32.5 Å². The predicted molar refractivity (Wildman–Crippen MR) is 204 cm³/mol. The molecule has 12 heteroatoms. The molecule has 5 aliphatic rings. The number of benzene rings is 1. The van der Waals surface area contributed by atoms with Crippen LogP contribution in [0.25, 0.3) is 0 Å². The fourth-order valence-electron chi connectivity index (χ4n) is 7.95. The van der Waals surface area contributed by atoms with Gasteiger partial charge in [0.1, 0.15) is 6.10 Å². The maximum absolute atomic E-state index is 13.5. The van der Waals surface area contributed by atoms with Crippen molar-refractivity contribution < 1.29 is 41.0 Å². The van der Waals surface area contributed by atoms with Crippen LogP contribution < -0.4 is 0 Å². The van der Waals surface area contributed by atoms with Crippen LogP contribution in [0.2, 0.25) is 36.3 Å². The summed E-state index contributed by atoms with van der Waals surface area (Å²) in [5, 5.41) is 0.111. The average molecular weight is 767 g/mol. The van der Waals surface area contributed by atoms with E-state index in [1.165, 1.54) is 0 Å². The number of hydrogen-bond acceptors (Lipinski definition) is 9. The lowest BCUT2D eigenvalue weighted by Crippen LogP contribution is -2.61. The van der Waals surface area contributed by atoms with Crippen molar-refractivity contribution >= 4 is 26.5 Å². The highest BCUT2D eigenvalue weighted by Gasteiger charge is 2.58. The third-order valence-electron chi connectivity index (χ3n) is 13.4. The number of aryl methyl sites for hydroxylation is 1. The molecule has 5 fully saturated rings. The van der Waals surface area contributed by atoms with E-state index in [0.29, 0.717) is 17.7 Å². The second kappa shape index (κ2) is 13.8. The van der Waals surface area contributed by atoms with Crippen LogP contribution in [0.15, 0.2) is 29.2 Å². The number of ether oxygens (including phenoxy) is 5. The Morgan fingerprint density at radius 3 is 1.96 bits per heavy atom. The van der Waals surface area contributed by atoms with Gasteiger partial charge in [-0.1, -0.05) is 59.2 Å². The molecule has 5 saturated heterocycles. The Morgan fingerprint density at radius 2 is 1.35 bits per heavy atom. The van der Waals surface area contributed by atoms with Crippen LogP contribution in [0.1, 0.15) is 99.5 Å². The Hall–Kier alpha value is -0.676. The first-order valence-corrected chi connectivity index (χ1v) is 26.7. The van der Waals surface area contributed by atoms with Crippen molar-refractivity contribution in [3.8, 4) is 0 Å². The van der Waals surface area contributed by atoms with Gasteiger partial charge in [-0.2, -0.15) is 0 Å². The fraction of sp³-hybridized carbons (Fsp3) is 0.846. The van der Waals surface area contributed by atoms with Crippen molar-refractivity contribution in [2.45, 2.75) is 214 Å². The highest BCUT2D eigenvalue weighted by Crippen LogP contribution is 2.49. The van der Waals surface area contributed by atoms with Gasteiger partial charge in [0.25, 0.3) is 0 Å². The molecule has 51 heavy (non-hydrogen) atoms. The minimum atomic E-state index is -3.62. The highest BCUT2D eigenvalue weighted by atomic mass is 32.2. The van der Waals surface area contributed by atoms with Gasteiger partial charge in [0, 0.05) is 25.7 Å². The molecular weight excluding hydrogens is 701 g/mol. The predicted octanol–water partition coefficient (Wildman–Crippen LogP) is 8.09. The third-order valence-corrected chi connectivity index (χ3v) is 24.3. The third kappa shape index (κ3) is 8.16. The molecule has 0 aromatic heterocycles. The van der Waals surface area contributed by atoms with Gasteiger partial charge in [-0.05, 0) is 82.0 Å². The zero-order chi connectivity index (χ0) is 37.5. The molecule has 0 bridgehead atoms. The summed E-state index contributed by atoms with van der Waals surface area (Å²) >= 11 is 0. The van der Waals surface area contributed by atoms with E-state index in [2.05, 4.69) is 81.6 Å². The topological polar surface area (TPSA) is 102 Å². The molecule has 5 aliphatic heterocycles. The van der Waals surface area contributed by atoms with E-state index >= 15 is 0 Å². The second-order valence-electron chi connectivity index (χ2n) is 19.4. The largest absolute Gasteiger partial charge is 0.411 e. The van der Waals surface area contributed by atoms with Gasteiger partial charge in [-0.15, -0.1) is 0 Å². The molecule has 2 unspecified atom stereocenters. The molecule has 0 N–H and O–H groups in total. The minimum absolute atomic E-state index is 0.00843. The quantitative estimate of drug-likeness (QED) is 0.192. The van der Waals surface area contributed by atoms with E-state index in [-0.39, 0.29) is 65.0 Å². The Kier molecular flexibility index (Phi) is 10.8. The molecule has 12 atom stereocenters. The maximum atomic E-state index is 13.5. The summed E-state index contributed by atoms with van der Waals surface area (Å²) in [7, 11) is -7.82. The van der Waals surface area contributed by atoms with Crippen LogP contribution in [0.5, 0.6) is 0 Å². The standard InChI is InChI=1S/C39H66O9SSi2/c1-24-14-16-26(17-15-24)49(40,41)36-33(45-36)22-31-34(48-51(12,13)38(6,7)8)23-39(9)35(44-31)19-18-27-32(46-39)21-29-30(43-27)20-28(25(2)42-29)47-50(10,11)37(3,4)5/h14-17,25,27-36H,18-23H2,1-13H3/t25-,27+,28+,29+,30-,31+,32-,33?,34-,35-,36?,39+/m1/s1. The summed E-state index contributed by atoms with van der Waals surface area (Å²) in [6.45, 7) is 29.0. The summed E-state index contributed by atoms with van der Waals surface area (Å²) in [6, 6.07) is 7.00. The van der Waals surface area contributed by atoms with Crippen molar-refractivity contribution in [2.75, 3.05) is 0 Å². The van der Waals surface area contributed by atoms with Gasteiger partial charge in [-0.3, -0.25) is 0 Å². The maximum Gasteiger partial charge on any atom is 0.207 e.